The smallest absolute Gasteiger partial charge is 0.0932 e. The molecule has 2 rings (SSSR count). The minimum atomic E-state index is 0.251. The van der Waals surface area contributed by atoms with E-state index in [4.69, 9.17) is 17.3 Å². The van der Waals surface area contributed by atoms with E-state index in [0.717, 1.165) is 15.7 Å². The average molecular weight is 253 g/mol. The molecule has 1 heterocycles. The van der Waals surface area contributed by atoms with Gasteiger partial charge in [0.1, 0.15) is 0 Å². The molecule has 0 saturated carbocycles. The van der Waals surface area contributed by atoms with E-state index in [2.05, 4.69) is 12.2 Å². The second-order valence-electron chi connectivity index (χ2n) is 3.63. The van der Waals surface area contributed by atoms with Gasteiger partial charge in [-0.25, -0.2) is 0 Å². The van der Waals surface area contributed by atoms with Crippen molar-refractivity contribution < 1.29 is 0 Å². The summed E-state index contributed by atoms with van der Waals surface area (Å²) < 4.78 is 0.820. The molecule has 0 amide bonds. The van der Waals surface area contributed by atoms with Gasteiger partial charge >= 0.3 is 0 Å². The van der Waals surface area contributed by atoms with Crippen LogP contribution < -0.4 is 11.1 Å². The first-order chi connectivity index (χ1) is 7.65. The number of rotatable bonds is 3. The van der Waals surface area contributed by atoms with Gasteiger partial charge in [-0.3, -0.25) is 0 Å². The second kappa shape index (κ2) is 4.76. The molecule has 0 fully saturated rings. The Labute approximate surface area is 104 Å². The van der Waals surface area contributed by atoms with Gasteiger partial charge in [0, 0.05) is 16.3 Å². The molecule has 0 saturated heterocycles. The Balaban J connectivity index is 2.07. The molecular weight excluding hydrogens is 240 g/mol. The summed E-state index contributed by atoms with van der Waals surface area (Å²) in [4.78, 5) is 1.22. The second-order valence-corrected chi connectivity index (χ2v) is 5.38. The average Bonchev–Trinajstić information content (AvgIpc) is 2.68. The highest BCUT2D eigenvalue weighted by molar-refractivity contribution is 7.16. The number of hydrogen-bond donors (Lipinski definition) is 2. The first-order valence-electron chi connectivity index (χ1n) is 5.02. The lowest BCUT2D eigenvalue weighted by atomic mass is 10.2. The van der Waals surface area contributed by atoms with Crippen LogP contribution in [0.25, 0.3) is 0 Å². The largest absolute Gasteiger partial charge is 0.399 e. The van der Waals surface area contributed by atoms with Crippen molar-refractivity contribution in [3.05, 3.63) is 45.6 Å². The normalized spacial score (nSPS) is 12.4. The van der Waals surface area contributed by atoms with E-state index in [-0.39, 0.29) is 6.04 Å². The summed E-state index contributed by atoms with van der Waals surface area (Å²) in [7, 11) is 0. The van der Waals surface area contributed by atoms with Crippen LogP contribution in [0.2, 0.25) is 4.34 Å². The van der Waals surface area contributed by atoms with Gasteiger partial charge in [0.2, 0.25) is 0 Å². The molecule has 2 nitrogen and oxygen atoms in total. The van der Waals surface area contributed by atoms with Crippen LogP contribution in [0.5, 0.6) is 0 Å². The number of hydrogen-bond acceptors (Lipinski definition) is 3. The first kappa shape index (κ1) is 11.3. The van der Waals surface area contributed by atoms with Crippen LogP contribution in [0.15, 0.2) is 36.4 Å². The van der Waals surface area contributed by atoms with E-state index < -0.39 is 0 Å². The number of nitrogen functional groups attached to an aromatic ring is 1. The van der Waals surface area contributed by atoms with Crippen LogP contribution in [0.3, 0.4) is 0 Å². The highest BCUT2D eigenvalue weighted by Crippen LogP contribution is 2.28. The molecule has 0 aliphatic carbocycles. The highest BCUT2D eigenvalue weighted by Gasteiger charge is 2.07. The van der Waals surface area contributed by atoms with Crippen molar-refractivity contribution in [3.8, 4) is 0 Å². The lowest BCUT2D eigenvalue weighted by molar-refractivity contribution is 0.908. The molecule has 1 aromatic heterocycles. The molecule has 2 aromatic rings. The number of nitrogens with one attached hydrogen (secondary N) is 1. The Hall–Kier alpha value is -1.19. The van der Waals surface area contributed by atoms with Gasteiger partial charge < -0.3 is 11.1 Å². The minimum absolute atomic E-state index is 0.251. The molecule has 4 heteroatoms. The Kier molecular flexibility index (Phi) is 3.36. The molecule has 3 N–H and O–H groups in total. The van der Waals surface area contributed by atoms with Crippen molar-refractivity contribution in [2.75, 3.05) is 11.1 Å². The van der Waals surface area contributed by atoms with Crippen LogP contribution in [-0.2, 0) is 0 Å². The van der Waals surface area contributed by atoms with Crippen molar-refractivity contribution in [3.63, 3.8) is 0 Å². The summed E-state index contributed by atoms with van der Waals surface area (Å²) in [6.45, 7) is 2.11. The number of benzene rings is 1. The summed E-state index contributed by atoms with van der Waals surface area (Å²) in [5, 5.41) is 3.39. The number of nitrogens with two attached hydrogens (primary N) is 1. The van der Waals surface area contributed by atoms with Crippen molar-refractivity contribution in [1.82, 2.24) is 0 Å². The molecule has 0 aliphatic heterocycles. The maximum atomic E-state index is 5.90. The van der Waals surface area contributed by atoms with Gasteiger partial charge in [0.05, 0.1) is 10.4 Å². The van der Waals surface area contributed by atoms with E-state index in [9.17, 15) is 0 Å². The number of anilines is 2. The fourth-order valence-corrected chi connectivity index (χ4v) is 2.52. The molecule has 16 heavy (non-hydrogen) atoms. The molecule has 0 aliphatic rings. The third kappa shape index (κ3) is 2.68. The third-order valence-electron chi connectivity index (χ3n) is 2.31. The summed E-state index contributed by atoms with van der Waals surface area (Å²) in [5.74, 6) is 0. The van der Waals surface area contributed by atoms with Crippen molar-refractivity contribution in [2.45, 2.75) is 13.0 Å². The van der Waals surface area contributed by atoms with Gasteiger partial charge in [-0.15, -0.1) is 11.3 Å². The molecule has 1 atom stereocenters. The molecule has 0 radical (unpaired) electrons. The topological polar surface area (TPSA) is 38.0 Å². The summed E-state index contributed by atoms with van der Waals surface area (Å²) in [6.07, 6.45) is 0. The van der Waals surface area contributed by atoms with Gasteiger partial charge in [-0.05, 0) is 43.3 Å². The van der Waals surface area contributed by atoms with E-state index in [0.29, 0.717) is 0 Å². The third-order valence-corrected chi connectivity index (χ3v) is 3.73. The molecule has 1 unspecified atom stereocenters. The van der Waals surface area contributed by atoms with Gasteiger partial charge in [-0.2, -0.15) is 0 Å². The van der Waals surface area contributed by atoms with Gasteiger partial charge in [0.25, 0.3) is 0 Å². The number of halogens is 1. The Bertz CT molecular complexity index is 464. The molecule has 1 aromatic carbocycles. The maximum absolute atomic E-state index is 5.90. The Morgan fingerprint density at radius 3 is 2.44 bits per heavy atom. The molecular formula is C12H13ClN2S. The minimum Gasteiger partial charge on any atom is -0.399 e. The van der Waals surface area contributed by atoms with Crippen LogP contribution in [-0.4, -0.2) is 0 Å². The maximum Gasteiger partial charge on any atom is 0.0932 e. The standard InChI is InChI=1S/C12H13ClN2S/c1-8(11-6-7-12(13)16-11)15-10-4-2-9(14)3-5-10/h2-8,15H,14H2,1H3. The van der Waals surface area contributed by atoms with Crippen LogP contribution in [0, 0.1) is 0 Å². The van der Waals surface area contributed by atoms with Crippen LogP contribution in [0.4, 0.5) is 11.4 Å². The van der Waals surface area contributed by atoms with Gasteiger partial charge in [0.15, 0.2) is 0 Å². The predicted octanol–water partition coefficient (Wildman–Crippen LogP) is 4.16. The quantitative estimate of drug-likeness (QED) is 0.805. The Morgan fingerprint density at radius 1 is 1.19 bits per heavy atom. The zero-order chi connectivity index (χ0) is 11.5. The SMILES string of the molecule is CC(Nc1ccc(N)cc1)c1ccc(Cl)s1. The van der Waals surface area contributed by atoms with Crippen molar-refractivity contribution in [1.29, 1.82) is 0 Å². The van der Waals surface area contributed by atoms with Crippen LogP contribution >= 0.6 is 22.9 Å². The van der Waals surface area contributed by atoms with Gasteiger partial charge in [-0.1, -0.05) is 11.6 Å². The van der Waals surface area contributed by atoms with E-state index in [1.807, 2.05) is 36.4 Å². The number of thiophene rings is 1. The van der Waals surface area contributed by atoms with E-state index >= 15 is 0 Å². The summed E-state index contributed by atoms with van der Waals surface area (Å²) in [6, 6.07) is 11.9. The predicted molar refractivity (Wildman–Crippen MR) is 72.2 cm³/mol. The van der Waals surface area contributed by atoms with E-state index in [1.54, 1.807) is 11.3 Å². The van der Waals surface area contributed by atoms with Crippen molar-refractivity contribution >= 4 is 34.3 Å². The van der Waals surface area contributed by atoms with E-state index in [1.165, 1.54) is 4.88 Å². The lowest BCUT2D eigenvalue weighted by Gasteiger charge is -2.13. The highest BCUT2D eigenvalue weighted by atomic mass is 35.5. The zero-order valence-corrected chi connectivity index (χ0v) is 10.5. The van der Waals surface area contributed by atoms with Crippen LogP contribution in [0.1, 0.15) is 17.8 Å². The fraction of sp³-hybridized carbons (Fsp3) is 0.167. The molecule has 0 spiro atoms. The lowest BCUT2D eigenvalue weighted by Crippen LogP contribution is -2.04. The molecule has 0 bridgehead atoms. The monoisotopic (exact) mass is 252 g/mol. The van der Waals surface area contributed by atoms with Crippen molar-refractivity contribution in [2.24, 2.45) is 0 Å². The molecule has 84 valence electrons. The first-order valence-corrected chi connectivity index (χ1v) is 6.22. The fourth-order valence-electron chi connectivity index (χ4n) is 1.46. The Morgan fingerprint density at radius 2 is 1.88 bits per heavy atom. The zero-order valence-electron chi connectivity index (χ0n) is 8.91. The summed E-state index contributed by atoms with van der Waals surface area (Å²) >= 11 is 7.50. The summed E-state index contributed by atoms with van der Waals surface area (Å²) in [5.41, 5.74) is 7.47.